The number of aryl methyl sites for hydroxylation is 1. The number of ether oxygens (including phenoxy) is 1. The van der Waals surface area contributed by atoms with Gasteiger partial charge < -0.3 is 10.1 Å². The van der Waals surface area contributed by atoms with Crippen LogP contribution in [0.5, 0.6) is 0 Å². The molecule has 0 amide bonds. The molecule has 104 valence electrons. The number of hydrogen-bond acceptors (Lipinski definition) is 6. The number of nitro benzene ring substituents is 1. The second-order valence-electron chi connectivity index (χ2n) is 3.79. The Bertz CT molecular complexity index is 602. The molecule has 0 saturated carbocycles. The molecular formula is C13H13N3O4. The Labute approximate surface area is 115 Å². The fraction of sp³-hybridized carbons (Fsp3) is 0.231. The summed E-state index contributed by atoms with van der Waals surface area (Å²) >= 11 is 0. The number of carbonyl (C=O) groups is 1. The number of carbonyl (C=O) groups excluding carboxylic acids is 1. The summed E-state index contributed by atoms with van der Waals surface area (Å²) in [4.78, 5) is 21.6. The van der Waals surface area contributed by atoms with E-state index in [0.29, 0.717) is 5.69 Å². The normalized spacial score (nSPS) is 10.6. The van der Waals surface area contributed by atoms with Crippen molar-refractivity contribution >= 4 is 17.3 Å². The quantitative estimate of drug-likeness (QED) is 0.290. The summed E-state index contributed by atoms with van der Waals surface area (Å²) < 4.78 is 4.70. The van der Waals surface area contributed by atoms with Crippen molar-refractivity contribution in [2.24, 2.45) is 0 Å². The van der Waals surface area contributed by atoms with Gasteiger partial charge in [-0.3, -0.25) is 10.1 Å². The van der Waals surface area contributed by atoms with Crippen LogP contribution >= 0.6 is 0 Å². The largest absolute Gasteiger partial charge is 0.462 e. The molecule has 1 N–H and O–H groups in total. The van der Waals surface area contributed by atoms with Crippen LogP contribution in [0.4, 0.5) is 11.4 Å². The van der Waals surface area contributed by atoms with Gasteiger partial charge in [0.15, 0.2) is 5.57 Å². The van der Waals surface area contributed by atoms with Gasteiger partial charge in [0.2, 0.25) is 0 Å². The summed E-state index contributed by atoms with van der Waals surface area (Å²) in [5.41, 5.74) is 0.892. The number of nitrogens with zero attached hydrogens (tertiary/aromatic N) is 2. The minimum absolute atomic E-state index is 0.0823. The fourth-order valence-corrected chi connectivity index (χ4v) is 1.37. The highest BCUT2D eigenvalue weighted by molar-refractivity contribution is 5.93. The second kappa shape index (κ2) is 6.89. The van der Waals surface area contributed by atoms with Gasteiger partial charge in [-0.1, -0.05) is 6.07 Å². The van der Waals surface area contributed by atoms with Gasteiger partial charge in [-0.15, -0.1) is 0 Å². The maximum atomic E-state index is 11.4. The first-order valence-corrected chi connectivity index (χ1v) is 5.78. The zero-order chi connectivity index (χ0) is 15.1. The third-order valence-electron chi connectivity index (χ3n) is 2.42. The maximum absolute atomic E-state index is 11.4. The number of nitro groups is 1. The van der Waals surface area contributed by atoms with E-state index in [9.17, 15) is 14.9 Å². The van der Waals surface area contributed by atoms with Crippen LogP contribution in [-0.2, 0) is 9.53 Å². The zero-order valence-electron chi connectivity index (χ0n) is 11.0. The first kappa shape index (κ1) is 15.2. The standard InChI is InChI=1S/C13H13N3O4/c1-3-20-13(17)10(7-14)8-15-12-6-11(16(18)19)5-4-9(12)2/h4-6,8,15H,3H2,1-2H3/b10-8-. The summed E-state index contributed by atoms with van der Waals surface area (Å²) in [5.74, 6) is -0.745. The Balaban J connectivity index is 2.98. The molecule has 0 aromatic heterocycles. The Morgan fingerprint density at radius 3 is 2.85 bits per heavy atom. The highest BCUT2D eigenvalue weighted by Crippen LogP contribution is 2.22. The highest BCUT2D eigenvalue weighted by atomic mass is 16.6. The summed E-state index contributed by atoms with van der Waals surface area (Å²) in [6, 6.07) is 5.98. The molecule has 0 aliphatic heterocycles. The lowest BCUT2D eigenvalue weighted by Crippen LogP contribution is -2.08. The lowest BCUT2D eigenvalue weighted by atomic mass is 10.2. The van der Waals surface area contributed by atoms with E-state index in [-0.39, 0.29) is 17.9 Å². The molecule has 0 unspecified atom stereocenters. The molecular weight excluding hydrogens is 262 g/mol. The predicted octanol–water partition coefficient (Wildman–Crippen LogP) is 2.29. The monoisotopic (exact) mass is 275 g/mol. The summed E-state index contributed by atoms with van der Waals surface area (Å²) in [5, 5.41) is 22.2. The molecule has 0 fully saturated rings. The van der Waals surface area contributed by atoms with Crippen LogP contribution in [-0.4, -0.2) is 17.5 Å². The van der Waals surface area contributed by atoms with E-state index in [2.05, 4.69) is 5.32 Å². The van der Waals surface area contributed by atoms with Crippen LogP contribution in [0.2, 0.25) is 0 Å². The predicted molar refractivity (Wildman–Crippen MR) is 71.8 cm³/mol. The summed E-state index contributed by atoms with van der Waals surface area (Å²) in [7, 11) is 0. The number of nitriles is 1. The number of esters is 1. The second-order valence-corrected chi connectivity index (χ2v) is 3.79. The number of non-ortho nitro benzene ring substituents is 1. The molecule has 1 aromatic carbocycles. The molecule has 0 radical (unpaired) electrons. The van der Waals surface area contributed by atoms with Gasteiger partial charge in [0.25, 0.3) is 5.69 Å². The van der Waals surface area contributed by atoms with Crippen molar-refractivity contribution in [3.63, 3.8) is 0 Å². The van der Waals surface area contributed by atoms with Crippen LogP contribution in [0.15, 0.2) is 30.0 Å². The maximum Gasteiger partial charge on any atom is 0.350 e. The molecule has 0 heterocycles. The van der Waals surface area contributed by atoms with E-state index >= 15 is 0 Å². The van der Waals surface area contributed by atoms with Crippen LogP contribution in [0.1, 0.15) is 12.5 Å². The minimum Gasteiger partial charge on any atom is -0.462 e. The van der Waals surface area contributed by atoms with Crippen molar-refractivity contribution < 1.29 is 14.5 Å². The molecule has 7 nitrogen and oxygen atoms in total. The van der Waals surface area contributed by atoms with Gasteiger partial charge in [0, 0.05) is 24.0 Å². The van der Waals surface area contributed by atoms with Gasteiger partial charge in [-0.25, -0.2) is 4.79 Å². The van der Waals surface area contributed by atoms with Gasteiger partial charge in [0.1, 0.15) is 6.07 Å². The van der Waals surface area contributed by atoms with Gasteiger partial charge in [0.05, 0.1) is 11.5 Å². The average molecular weight is 275 g/mol. The third-order valence-corrected chi connectivity index (χ3v) is 2.42. The number of anilines is 1. The van der Waals surface area contributed by atoms with Crippen molar-refractivity contribution in [1.29, 1.82) is 5.26 Å². The summed E-state index contributed by atoms with van der Waals surface area (Å²) in [6.45, 7) is 3.54. The highest BCUT2D eigenvalue weighted by Gasteiger charge is 2.11. The van der Waals surface area contributed by atoms with E-state index in [1.165, 1.54) is 18.3 Å². The molecule has 0 bridgehead atoms. The molecule has 0 aliphatic rings. The van der Waals surface area contributed by atoms with E-state index in [1.807, 2.05) is 0 Å². The molecule has 0 aliphatic carbocycles. The smallest absolute Gasteiger partial charge is 0.350 e. The van der Waals surface area contributed by atoms with Crippen molar-refractivity contribution in [3.8, 4) is 6.07 Å². The fourth-order valence-electron chi connectivity index (χ4n) is 1.37. The van der Waals surface area contributed by atoms with Crippen molar-refractivity contribution in [3.05, 3.63) is 45.6 Å². The van der Waals surface area contributed by atoms with E-state index in [1.54, 1.807) is 26.0 Å². The van der Waals surface area contributed by atoms with E-state index in [4.69, 9.17) is 10.00 Å². The summed E-state index contributed by atoms with van der Waals surface area (Å²) in [6.07, 6.45) is 1.17. The van der Waals surface area contributed by atoms with Gasteiger partial charge >= 0.3 is 5.97 Å². The SMILES string of the molecule is CCOC(=O)/C(C#N)=C\Nc1cc([N+](=O)[O-])ccc1C. The molecule has 0 saturated heterocycles. The van der Waals surface area contributed by atoms with Crippen molar-refractivity contribution in [1.82, 2.24) is 0 Å². The number of hydrogen-bond donors (Lipinski definition) is 1. The molecule has 1 aromatic rings. The van der Waals surface area contributed by atoms with Crippen molar-refractivity contribution in [2.75, 3.05) is 11.9 Å². The zero-order valence-corrected chi connectivity index (χ0v) is 11.0. The van der Waals surface area contributed by atoms with Crippen LogP contribution in [0.25, 0.3) is 0 Å². The average Bonchev–Trinajstić information content (AvgIpc) is 2.41. The van der Waals surface area contributed by atoms with Crippen LogP contribution in [0.3, 0.4) is 0 Å². The molecule has 7 heteroatoms. The number of nitrogens with one attached hydrogen (secondary N) is 1. The topological polar surface area (TPSA) is 105 Å². The third kappa shape index (κ3) is 3.81. The van der Waals surface area contributed by atoms with Crippen LogP contribution in [0, 0.1) is 28.4 Å². The Hall–Kier alpha value is -2.88. The lowest BCUT2D eigenvalue weighted by molar-refractivity contribution is -0.384. The minimum atomic E-state index is -0.745. The molecule has 0 atom stereocenters. The van der Waals surface area contributed by atoms with Crippen molar-refractivity contribution in [2.45, 2.75) is 13.8 Å². The van der Waals surface area contributed by atoms with Crippen LogP contribution < -0.4 is 5.32 Å². The first-order chi connectivity index (χ1) is 9.49. The molecule has 1 rings (SSSR count). The Morgan fingerprint density at radius 1 is 1.60 bits per heavy atom. The lowest BCUT2D eigenvalue weighted by Gasteiger charge is -2.06. The number of benzene rings is 1. The molecule has 0 spiro atoms. The van der Waals surface area contributed by atoms with Gasteiger partial charge in [-0.2, -0.15) is 5.26 Å². The van der Waals surface area contributed by atoms with Gasteiger partial charge in [-0.05, 0) is 19.4 Å². The Kier molecular flexibility index (Phi) is 5.23. The number of rotatable bonds is 5. The van der Waals surface area contributed by atoms with E-state index in [0.717, 1.165) is 5.56 Å². The first-order valence-electron chi connectivity index (χ1n) is 5.78. The Morgan fingerprint density at radius 2 is 2.30 bits per heavy atom. The molecule has 20 heavy (non-hydrogen) atoms. The van der Waals surface area contributed by atoms with E-state index < -0.39 is 10.9 Å².